The van der Waals surface area contributed by atoms with Crippen LogP contribution >= 0.6 is 0 Å². The molecule has 0 aliphatic carbocycles. The van der Waals surface area contributed by atoms with Crippen molar-refractivity contribution in [3.63, 3.8) is 0 Å². The molecule has 64 valence electrons. The van der Waals surface area contributed by atoms with Crippen molar-refractivity contribution in [3.8, 4) is 0 Å². The van der Waals surface area contributed by atoms with Crippen LogP contribution in [0.2, 0.25) is 0 Å². The lowest BCUT2D eigenvalue weighted by Crippen LogP contribution is -2.08. The highest BCUT2D eigenvalue weighted by Crippen LogP contribution is 2.00. The second kappa shape index (κ2) is 5.92. The smallest absolute Gasteiger partial charge is 0.333 e. The van der Waals surface area contributed by atoms with E-state index in [9.17, 15) is 4.79 Å². The average Bonchev–Trinajstić information content (AvgIpc) is 2.00. The molecule has 0 amide bonds. The van der Waals surface area contributed by atoms with Gasteiger partial charge in [0, 0.05) is 19.1 Å². The molecule has 0 atom stereocenters. The van der Waals surface area contributed by atoms with E-state index in [2.05, 4.69) is 6.58 Å². The fourth-order valence-corrected chi connectivity index (χ4v) is 0.560. The minimum atomic E-state index is -0.329. The molecule has 0 saturated carbocycles. The van der Waals surface area contributed by atoms with Crippen LogP contribution < -0.4 is 0 Å². The average molecular weight is 158 g/mol. The molecule has 0 rings (SSSR count). The van der Waals surface area contributed by atoms with E-state index in [1.807, 2.05) is 0 Å². The van der Waals surface area contributed by atoms with Crippen LogP contribution in [0.1, 0.15) is 13.3 Å². The third kappa shape index (κ3) is 4.56. The van der Waals surface area contributed by atoms with E-state index >= 15 is 0 Å². The number of rotatable bonds is 5. The Morgan fingerprint density at radius 2 is 2.18 bits per heavy atom. The topological polar surface area (TPSA) is 35.5 Å². The Bertz CT molecular complexity index is 140. The number of hydrogen-bond donors (Lipinski definition) is 0. The van der Waals surface area contributed by atoms with Crippen LogP contribution in [0, 0.1) is 0 Å². The fourth-order valence-electron chi connectivity index (χ4n) is 0.560. The normalized spacial score (nSPS) is 9.27. The first-order valence-corrected chi connectivity index (χ1v) is 3.56. The van der Waals surface area contributed by atoms with Crippen LogP contribution in [0.3, 0.4) is 0 Å². The van der Waals surface area contributed by atoms with E-state index in [1.54, 1.807) is 14.0 Å². The quantitative estimate of drug-likeness (QED) is 0.444. The summed E-state index contributed by atoms with van der Waals surface area (Å²) in [6.07, 6.45) is 0.537. The number of ether oxygens (including phenoxy) is 2. The molecule has 0 aromatic carbocycles. The monoisotopic (exact) mass is 158 g/mol. The van der Waals surface area contributed by atoms with Gasteiger partial charge in [-0.25, -0.2) is 4.79 Å². The highest BCUT2D eigenvalue weighted by atomic mass is 16.5. The van der Waals surface area contributed by atoms with E-state index in [0.717, 1.165) is 0 Å². The highest BCUT2D eigenvalue weighted by Gasteiger charge is 2.05. The Hall–Kier alpha value is -0.830. The molecule has 0 heterocycles. The number of hydrogen-bond acceptors (Lipinski definition) is 3. The number of carbonyl (C=O) groups is 1. The first-order valence-electron chi connectivity index (χ1n) is 3.56. The second-order valence-electron chi connectivity index (χ2n) is 2.07. The van der Waals surface area contributed by atoms with Crippen LogP contribution in [0.4, 0.5) is 0 Å². The van der Waals surface area contributed by atoms with Gasteiger partial charge >= 0.3 is 5.97 Å². The SMILES string of the molecule is C=C(CCOC)C(=O)OCC. The maximum absolute atomic E-state index is 10.9. The zero-order chi connectivity index (χ0) is 8.69. The minimum absolute atomic E-state index is 0.329. The predicted octanol–water partition coefficient (Wildman–Crippen LogP) is 1.14. The van der Waals surface area contributed by atoms with E-state index in [0.29, 0.717) is 25.2 Å². The summed E-state index contributed by atoms with van der Waals surface area (Å²) in [4.78, 5) is 10.9. The number of esters is 1. The van der Waals surface area contributed by atoms with Crippen molar-refractivity contribution in [1.29, 1.82) is 0 Å². The Morgan fingerprint density at radius 3 is 2.64 bits per heavy atom. The summed E-state index contributed by atoms with van der Waals surface area (Å²) in [7, 11) is 1.58. The number of carbonyl (C=O) groups excluding carboxylic acids is 1. The molecule has 0 fully saturated rings. The molecule has 0 unspecified atom stereocenters. The van der Waals surface area contributed by atoms with Crippen molar-refractivity contribution in [2.45, 2.75) is 13.3 Å². The van der Waals surface area contributed by atoms with Gasteiger partial charge in [-0.2, -0.15) is 0 Å². The largest absolute Gasteiger partial charge is 0.463 e. The molecule has 11 heavy (non-hydrogen) atoms. The van der Waals surface area contributed by atoms with Gasteiger partial charge < -0.3 is 9.47 Å². The van der Waals surface area contributed by atoms with Crippen molar-refractivity contribution in [2.75, 3.05) is 20.3 Å². The molecule has 0 radical (unpaired) electrons. The van der Waals surface area contributed by atoms with Gasteiger partial charge in [-0.1, -0.05) is 6.58 Å². The summed E-state index contributed by atoms with van der Waals surface area (Å²) in [5.74, 6) is -0.329. The maximum atomic E-state index is 10.9. The van der Waals surface area contributed by atoms with Gasteiger partial charge in [0.15, 0.2) is 0 Å². The molecule has 0 spiro atoms. The van der Waals surface area contributed by atoms with Crippen molar-refractivity contribution < 1.29 is 14.3 Å². The van der Waals surface area contributed by atoms with E-state index in [-0.39, 0.29) is 5.97 Å². The van der Waals surface area contributed by atoms with Crippen LogP contribution in [0.25, 0.3) is 0 Å². The Balaban J connectivity index is 3.56. The summed E-state index contributed by atoms with van der Waals surface area (Å²) >= 11 is 0. The van der Waals surface area contributed by atoms with Gasteiger partial charge in [0.25, 0.3) is 0 Å². The van der Waals surface area contributed by atoms with Crippen molar-refractivity contribution in [2.24, 2.45) is 0 Å². The standard InChI is InChI=1S/C8H14O3/c1-4-11-8(9)7(2)5-6-10-3/h2,4-6H2,1,3H3. The van der Waals surface area contributed by atoms with Gasteiger partial charge in [0.05, 0.1) is 13.2 Å². The van der Waals surface area contributed by atoms with Crippen molar-refractivity contribution in [1.82, 2.24) is 0 Å². The molecule has 0 aromatic heterocycles. The molecule has 0 aliphatic heterocycles. The summed E-state index contributed by atoms with van der Waals surface area (Å²) in [5, 5.41) is 0. The molecule has 3 heteroatoms. The lowest BCUT2D eigenvalue weighted by atomic mass is 10.2. The molecule has 0 saturated heterocycles. The first-order chi connectivity index (χ1) is 5.22. The second-order valence-corrected chi connectivity index (χ2v) is 2.07. The van der Waals surface area contributed by atoms with Gasteiger partial charge in [0.1, 0.15) is 0 Å². The van der Waals surface area contributed by atoms with Gasteiger partial charge in [-0.05, 0) is 6.92 Å². The Labute approximate surface area is 67.0 Å². The lowest BCUT2D eigenvalue weighted by molar-refractivity contribution is -0.138. The molecular weight excluding hydrogens is 144 g/mol. The van der Waals surface area contributed by atoms with E-state index in [4.69, 9.17) is 9.47 Å². The third-order valence-corrected chi connectivity index (χ3v) is 1.17. The van der Waals surface area contributed by atoms with Crippen LogP contribution in [-0.4, -0.2) is 26.3 Å². The summed E-state index contributed by atoms with van der Waals surface area (Å²) in [6.45, 7) is 6.23. The van der Waals surface area contributed by atoms with Gasteiger partial charge in [-0.3, -0.25) is 0 Å². The summed E-state index contributed by atoms with van der Waals surface area (Å²) in [5.41, 5.74) is 0.466. The molecule has 0 bridgehead atoms. The molecule has 0 aromatic rings. The highest BCUT2D eigenvalue weighted by molar-refractivity contribution is 5.87. The molecule has 0 N–H and O–H groups in total. The van der Waals surface area contributed by atoms with Crippen LogP contribution in [-0.2, 0) is 14.3 Å². The van der Waals surface area contributed by atoms with Gasteiger partial charge in [0.2, 0.25) is 0 Å². The molecule has 3 nitrogen and oxygen atoms in total. The summed E-state index contributed by atoms with van der Waals surface area (Å²) in [6, 6.07) is 0. The predicted molar refractivity (Wildman–Crippen MR) is 42.3 cm³/mol. The first kappa shape index (κ1) is 10.2. The van der Waals surface area contributed by atoms with Crippen molar-refractivity contribution in [3.05, 3.63) is 12.2 Å². The zero-order valence-corrected chi connectivity index (χ0v) is 7.05. The number of methoxy groups -OCH3 is 1. The lowest BCUT2D eigenvalue weighted by Gasteiger charge is -2.03. The molecule has 0 aliphatic rings. The van der Waals surface area contributed by atoms with E-state index < -0.39 is 0 Å². The Kier molecular flexibility index (Phi) is 5.47. The van der Waals surface area contributed by atoms with Crippen LogP contribution in [0.15, 0.2) is 12.2 Å². The van der Waals surface area contributed by atoms with Crippen LogP contribution in [0.5, 0.6) is 0 Å². The molecular formula is C8H14O3. The van der Waals surface area contributed by atoms with Gasteiger partial charge in [-0.15, -0.1) is 0 Å². The fraction of sp³-hybridized carbons (Fsp3) is 0.625. The zero-order valence-electron chi connectivity index (χ0n) is 7.05. The Morgan fingerprint density at radius 1 is 1.55 bits per heavy atom. The maximum Gasteiger partial charge on any atom is 0.333 e. The van der Waals surface area contributed by atoms with E-state index in [1.165, 1.54) is 0 Å². The summed E-state index contributed by atoms with van der Waals surface area (Å²) < 4.78 is 9.48. The minimum Gasteiger partial charge on any atom is -0.463 e. The third-order valence-electron chi connectivity index (χ3n) is 1.17. The van der Waals surface area contributed by atoms with Crippen molar-refractivity contribution >= 4 is 5.97 Å².